The summed E-state index contributed by atoms with van der Waals surface area (Å²) in [5.41, 5.74) is 0.378. The highest BCUT2D eigenvalue weighted by molar-refractivity contribution is 5.74. The summed E-state index contributed by atoms with van der Waals surface area (Å²) in [6.07, 6.45) is -0.890. The van der Waals surface area contributed by atoms with Gasteiger partial charge in [0, 0.05) is 7.05 Å². The van der Waals surface area contributed by atoms with Crippen LogP contribution in [0, 0.1) is 6.92 Å². The molecule has 0 bridgehead atoms. The van der Waals surface area contributed by atoms with Gasteiger partial charge < -0.3 is 24.6 Å². The van der Waals surface area contributed by atoms with Crippen LogP contribution in [0.3, 0.4) is 0 Å². The predicted molar refractivity (Wildman–Crippen MR) is 114 cm³/mol. The molecule has 0 unspecified atom stereocenters. The van der Waals surface area contributed by atoms with Crippen LogP contribution in [0.5, 0.6) is 5.75 Å². The largest absolute Gasteiger partial charge is 0.491 e. The molecule has 0 saturated carbocycles. The number of quaternary nitrogens is 1. The van der Waals surface area contributed by atoms with Crippen molar-refractivity contribution >= 4 is 17.1 Å². The number of likely N-dealkylation sites (N-methyl/N-ethyl adjacent to an activating group) is 1. The smallest absolute Gasteiger partial charge is 0.329 e. The quantitative estimate of drug-likeness (QED) is 0.345. The second-order valence-corrected chi connectivity index (χ2v) is 7.65. The number of aromatic amines is 1. The summed E-state index contributed by atoms with van der Waals surface area (Å²) in [6.45, 7) is 3.51. The van der Waals surface area contributed by atoms with Crippen LogP contribution in [-0.4, -0.2) is 64.1 Å². The zero-order valence-electron chi connectivity index (χ0n) is 17.7. The van der Waals surface area contributed by atoms with Crippen LogP contribution in [0.2, 0.25) is 0 Å². The van der Waals surface area contributed by atoms with Gasteiger partial charge in [-0.25, -0.2) is 4.79 Å². The second-order valence-electron chi connectivity index (χ2n) is 7.65. The average Bonchev–Trinajstić information content (AvgIpc) is 3.04. The van der Waals surface area contributed by atoms with E-state index in [-0.39, 0.29) is 24.3 Å². The molecule has 0 saturated heterocycles. The molecule has 10 heteroatoms. The van der Waals surface area contributed by atoms with Gasteiger partial charge in [0.2, 0.25) is 5.95 Å². The number of H-pyrrole nitrogens is 1. The molecule has 4 N–H and O–H groups in total. The first-order valence-electron chi connectivity index (χ1n) is 9.87. The van der Waals surface area contributed by atoms with E-state index in [2.05, 4.69) is 15.3 Å². The van der Waals surface area contributed by atoms with E-state index >= 15 is 0 Å². The monoisotopic (exact) mass is 417 g/mol. The first-order chi connectivity index (χ1) is 14.3. The number of aliphatic hydroxyl groups is 1. The van der Waals surface area contributed by atoms with Crippen LogP contribution in [-0.2, 0) is 13.6 Å². The van der Waals surface area contributed by atoms with Crippen LogP contribution in [0.25, 0.3) is 11.2 Å². The van der Waals surface area contributed by atoms with Gasteiger partial charge in [-0.3, -0.25) is 14.3 Å². The molecular formula is C20H29N6O4+. The highest BCUT2D eigenvalue weighted by Gasteiger charge is 2.20. The summed E-state index contributed by atoms with van der Waals surface area (Å²) in [5.74, 6) is 1.12. The van der Waals surface area contributed by atoms with Gasteiger partial charge in [0.25, 0.3) is 5.56 Å². The van der Waals surface area contributed by atoms with E-state index in [0.29, 0.717) is 18.2 Å². The molecule has 10 nitrogen and oxygen atoms in total. The Balaban J connectivity index is 1.88. The van der Waals surface area contributed by atoms with Crippen LogP contribution in [0.4, 0.5) is 5.95 Å². The third-order valence-corrected chi connectivity index (χ3v) is 4.83. The Morgan fingerprint density at radius 3 is 2.73 bits per heavy atom. The number of hydrogen-bond acceptors (Lipinski definition) is 6. The molecule has 0 spiro atoms. The molecule has 0 aliphatic heterocycles. The lowest BCUT2D eigenvalue weighted by Gasteiger charge is -2.17. The number of rotatable bonds is 9. The van der Waals surface area contributed by atoms with E-state index in [9.17, 15) is 14.7 Å². The number of fused-ring (bicyclic) bond motifs is 1. The Morgan fingerprint density at radius 2 is 2.03 bits per heavy atom. The van der Waals surface area contributed by atoms with Crippen molar-refractivity contribution < 1.29 is 14.7 Å². The highest BCUT2D eigenvalue weighted by Crippen LogP contribution is 2.18. The Morgan fingerprint density at radius 1 is 1.30 bits per heavy atom. The molecular weight excluding hydrogens is 388 g/mol. The van der Waals surface area contributed by atoms with Crippen molar-refractivity contribution in [3.8, 4) is 5.75 Å². The van der Waals surface area contributed by atoms with E-state index in [4.69, 9.17) is 4.74 Å². The van der Waals surface area contributed by atoms with E-state index in [0.717, 1.165) is 12.1 Å². The van der Waals surface area contributed by atoms with Crippen LogP contribution >= 0.6 is 0 Å². The van der Waals surface area contributed by atoms with E-state index in [1.54, 1.807) is 11.6 Å². The van der Waals surface area contributed by atoms with Gasteiger partial charge in [-0.05, 0) is 18.6 Å². The number of hydrogen-bond donors (Lipinski definition) is 4. The number of aryl methyl sites for hydroxylation is 2. The lowest BCUT2D eigenvalue weighted by atomic mass is 10.2. The SMILES string of the molecule is Cc1ccccc1OC[C@@H](O)Cn1c(NCC[NH+](C)C)nc2c1c(=O)[nH]c(=O)n2C. The van der Waals surface area contributed by atoms with Gasteiger partial charge in [0.1, 0.15) is 18.5 Å². The van der Waals surface area contributed by atoms with Crippen molar-refractivity contribution in [2.75, 3.05) is 39.1 Å². The number of imidazole rings is 1. The molecule has 0 fully saturated rings. The van der Waals surface area contributed by atoms with Gasteiger partial charge in [-0.1, -0.05) is 18.2 Å². The van der Waals surface area contributed by atoms with Gasteiger partial charge in [-0.2, -0.15) is 4.98 Å². The minimum absolute atomic E-state index is 0.0511. The lowest BCUT2D eigenvalue weighted by molar-refractivity contribution is -0.856. The van der Waals surface area contributed by atoms with Crippen LogP contribution in [0.1, 0.15) is 5.56 Å². The fourth-order valence-corrected chi connectivity index (χ4v) is 3.14. The molecule has 0 aliphatic carbocycles. The summed E-state index contributed by atoms with van der Waals surface area (Å²) in [6, 6.07) is 7.55. The summed E-state index contributed by atoms with van der Waals surface area (Å²) < 4.78 is 8.62. The van der Waals surface area contributed by atoms with E-state index < -0.39 is 17.4 Å². The summed E-state index contributed by atoms with van der Waals surface area (Å²) in [7, 11) is 5.61. The van der Waals surface area contributed by atoms with Crippen LogP contribution < -0.4 is 26.2 Å². The van der Waals surface area contributed by atoms with Crippen molar-refractivity contribution in [1.82, 2.24) is 19.1 Å². The number of aliphatic hydroxyl groups excluding tert-OH is 1. The fraction of sp³-hybridized carbons (Fsp3) is 0.450. The number of aromatic nitrogens is 4. The molecule has 162 valence electrons. The zero-order valence-corrected chi connectivity index (χ0v) is 17.7. The minimum Gasteiger partial charge on any atom is -0.491 e. The number of nitrogens with zero attached hydrogens (tertiary/aromatic N) is 3. The fourth-order valence-electron chi connectivity index (χ4n) is 3.14. The van der Waals surface area contributed by atoms with Crippen molar-refractivity contribution in [3.63, 3.8) is 0 Å². The number of nitrogens with one attached hydrogen (secondary N) is 3. The molecule has 0 radical (unpaired) electrons. The zero-order chi connectivity index (χ0) is 21.8. The Labute approximate surface area is 173 Å². The topological polar surface area (TPSA) is 119 Å². The normalized spacial score (nSPS) is 12.5. The number of ether oxygens (including phenoxy) is 1. The van der Waals surface area contributed by atoms with Gasteiger partial charge in [-0.15, -0.1) is 0 Å². The standard InChI is InChI=1S/C20H28N6O4/c1-13-7-5-6-8-15(13)30-12-14(27)11-26-16-17(25(4)20(29)23-18(16)28)22-19(26)21-9-10-24(2)3/h5-8,14,27H,9-12H2,1-4H3,(H,21,22)(H,23,28,29)/p+1/t14-/m0/s1. The summed E-state index contributed by atoms with van der Waals surface area (Å²) in [4.78, 5) is 32.5. The molecule has 1 atom stereocenters. The molecule has 1 aromatic carbocycles. The number of anilines is 1. The molecule has 0 amide bonds. The Bertz CT molecular complexity index is 1130. The van der Waals surface area contributed by atoms with Gasteiger partial charge in [0.15, 0.2) is 11.2 Å². The maximum atomic E-state index is 12.5. The van der Waals surface area contributed by atoms with E-state index in [1.165, 1.54) is 9.47 Å². The van der Waals surface area contributed by atoms with Gasteiger partial charge in [0.05, 0.1) is 33.7 Å². The lowest BCUT2D eigenvalue weighted by Crippen LogP contribution is -3.06. The van der Waals surface area contributed by atoms with Crippen LogP contribution in [0.15, 0.2) is 33.9 Å². The minimum atomic E-state index is -0.890. The average molecular weight is 417 g/mol. The Kier molecular flexibility index (Phi) is 6.58. The summed E-state index contributed by atoms with van der Waals surface area (Å²) >= 11 is 0. The maximum absolute atomic E-state index is 12.5. The maximum Gasteiger partial charge on any atom is 0.329 e. The number of benzene rings is 1. The molecule has 3 rings (SSSR count). The molecule has 2 aromatic heterocycles. The third kappa shape index (κ3) is 4.71. The molecule has 2 heterocycles. The third-order valence-electron chi connectivity index (χ3n) is 4.83. The Hall–Kier alpha value is -3.11. The molecule has 30 heavy (non-hydrogen) atoms. The molecule has 3 aromatic rings. The number of para-hydroxylation sites is 1. The summed E-state index contributed by atoms with van der Waals surface area (Å²) in [5, 5.41) is 13.8. The van der Waals surface area contributed by atoms with Crippen molar-refractivity contribution in [1.29, 1.82) is 0 Å². The highest BCUT2D eigenvalue weighted by atomic mass is 16.5. The van der Waals surface area contributed by atoms with Gasteiger partial charge >= 0.3 is 5.69 Å². The van der Waals surface area contributed by atoms with E-state index in [1.807, 2.05) is 45.3 Å². The second kappa shape index (κ2) is 9.14. The first kappa shape index (κ1) is 21.6. The predicted octanol–water partition coefficient (Wildman–Crippen LogP) is -1.27. The van der Waals surface area contributed by atoms with Crippen molar-refractivity contribution in [2.45, 2.75) is 19.6 Å². The molecule has 0 aliphatic rings. The van der Waals surface area contributed by atoms with Crippen molar-refractivity contribution in [2.24, 2.45) is 7.05 Å². The van der Waals surface area contributed by atoms with Crippen molar-refractivity contribution in [3.05, 3.63) is 50.7 Å². The first-order valence-corrected chi connectivity index (χ1v) is 9.87.